The molecule has 5 rings (SSSR count). The number of aryl methyl sites for hydroxylation is 2. The largest absolute Gasteiger partial charge is 0.508 e. The third-order valence-electron chi connectivity index (χ3n) is 6.21. The van der Waals surface area contributed by atoms with Crippen LogP contribution in [-0.4, -0.2) is 10.2 Å². The van der Waals surface area contributed by atoms with Crippen molar-refractivity contribution in [1.29, 1.82) is 0 Å². The second-order valence-electron chi connectivity index (χ2n) is 8.23. The Hall–Kier alpha value is -3.78. The number of aromatic hydroxyl groups is 2. The van der Waals surface area contributed by atoms with Gasteiger partial charge in [-0.15, -0.1) is 0 Å². The number of phenolic OH excluding ortho intramolecular Hbond substituents is 2. The Morgan fingerprint density at radius 3 is 1.61 bits per heavy atom. The zero-order chi connectivity index (χ0) is 21.5. The zero-order valence-electron chi connectivity index (χ0n) is 17.6. The van der Waals surface area contributed by atoms with Crippen molar-refractivity contribution < 1.29 is 10.2 Å². The van der Waals surface area contributed by atoms with Crippen LogP contribution in [0.15, 0.2) is 91.0 Å². The van der Waals surface area contributed by atoms with Gasteiger partial charge in [0.2, 0.25) is 0 Å². The number of fused-ring (bicyclic) bond motifs is 2. The van der Waals surface area contributed by atoms with E-state index in [-0.39, 0.29) is 17.4 Å². The summed E-state index contributed by atoms with van der Waals surface area (Å²) in [5.41, 5.74) is 5.02. The molecule has 0 aliphatic rings. The van der Waals surface area contributed by atoms with Gasteiger partial charge in [-0.1, -0.05) is 84.4 Å². The maximum absolute atomic E-state index is 11.1. The van der Waals surface area contributed by atoms with E-state index < -0.39 is 0 Å². The van der Waals surface area contributed by atoms with Gasteiger partial charge in [0.15, 0.2) is 0 Å². The van der Waals surface area contributed by atoms with E-state index in [4.69, 9.17) is 0 Å². The van der Waals surface area contributed by atoms with Crippen LogP contribution in [0.25, 0.3) is 21.5 Å². The van der Waals surface area contributed by atoms with Crippen LogP contribution in [0.2, 0.25) is 0 Å². The average molecular weight is 405 g/mol. The normalized spacial score (nSPS) is 11.5. The summed E-state index contributed by atoms with van der Waals surface area (Å²) < 4.78 is 0. The highest BCUT2D eigenvalue weighted by molar-refractivity contribution is 5.93. The van der Waals surface area contributed by atoms with E-state index >= 15 is 0 Å². The van der Waals surface area contributed by atoms with E-state index in [1.165, 1.54) is 5.56 Å². The zero-order valence-corrected chi connectivity index (χ0v) is 17.6. The minimum atomic E-state index is -0.321. The standard InChI is InChI=1S/C29H24O2/c1-18-11-14-22(19(2)17-18)29(27-23-9-5-3-7-20(23)12-15-25(27)30)28-24-10-6-4-8-21(24)13-16-26(28)31/h3-17,29-31H,1-2H3. The van der Waals surface area contributed by atoms with Gasteiger partial charge >= 0.3 is 0 Å². The molecule has 0 spiro atoms. The lowest BCUT2D eigenvalue weighted by Crippen LogP contribution is -2.08. The molecule has 0 saturated heterocycles. The van der Waals surface area contributed by atoms with Crippen molar-refractivity contribution in [2.24, 2.45) is 0 Å². The molecule has 0 aliphatic carbocycles. The van der Waals surface area contributed by atoms with Crippen molar-refractivity contribution in [3.8, 4) is 11.5 Å². The first-order chi connectivity index (χ1) is 15.0. The molecule has 2 nitrogen and oxygen atoms in total. The molecule has 2 heteroatoms. The molecule has 2 N–H and O–H groups in total. The molecule has 31 heavy (non-hydrogen) atoms. The van der Waals surface area contributed by atoms with Gasteiger partial charge < -0.3 is 10.2 Å². The SMILES string of the molecule is Cc1ccc(C(c2c(O)ccc3ccccc23)c2c(O)ccc3ccccc23)c(C)c1. The highest BCUT2D eigenvalue weighted by atomic mass is 16.3. The number of benzene rings is 5. The topological polar surface area (TPSA) is 40.5 Å². The first-order valence-corrected chi connectivity index (χ1v) is 10.5. The van der Waals surface area contributed by atoms with Crippen molar-refractivity contribution in [3.05, 3.63) is 119 Å². The van der Waals surface area contributed by atoms with Gasteiger partial charge in [-0.2, -0.15) is 0 Å². The maximum Gasteiger partial charge on any atom is 0.120 e. The Morgan fingerprint density at radius 1 is 0.581 bits per heavy atom. The number of rotatable bonds is 3. The lowest BCUT2D eigenvalue weighted by molar-refractivity contribution is 0.460. The molecule has 0 aromatic heterocycles. The lowest BCUT2D eigenvalue weighted by atomic mass is 9.78. The van der Waals surface area contributed by atoms with Gasteiger partial charge in [-0.3, -0.25) is 0 Å². The van der Waals surface area contributed by atoms with Gasteiger partial charge in [-0.05, 0) is 58.7 Å². The molecule has 0 amide bonds. The Labute approximate surface area is 182 Å². The predicted molar refractivity (Wildman–Crippen MR) is 128 cm³/mol. The summed E-state index contributed by atoms with van der Waals surface area (Å²) in [6.07, 6.45) is 0. The summed E-state index contributed by atoms with van der Waals surface area (Å²) in [6.45, 7) is 4.18. The third-order valence-corrected chi connectivity index (χ3v) is 6.21. The van der Waals surface area contributed by atoms with Gasteiger partial charge in [0.25, 0.3) is 0 Å². The first kappa shape index (κ1) is 19.2. The molecule has 5 aromatic carbocycles. The van der Waals surface area contributed by atoms with Crippen LogP contribution in [0.4, 0.5) is 0 Å². The van der Waals surface area contributed by atoms with Crippen LogP contribution in [-0.2, 0) is 0 Å². The summed E-state index contributed by atoms with van der Waals surface area (Å²) in [7, 11) is 0. The molecule has 0 unspecified atom stereocenters. The molecule has 0 saturated carbocycles. The van der Waals surface area contributed by atoms with Crippen molar-refractivity contribution in [1.82, 2.24) is 0 Å². The molecule has 5 aromatic rings. The maximum atomic E-state index is 11.1. The summed E-state index contributed by atoms with van der Waals surface area (Å²) in [5, 5.41) is 26.3. The Bertz CT molecular complexity index is 1350. The molecule has 0 aliphatic heterocycles. The van der Waals surface area contributed by atoms with Crippen LogP contribution in [0.5, 0.6) is 11.5 Å². The van der Waals surface area contributed by atoms with E-state index in [2.05, 4.69) is 44.2 Å². The molecule has 152 valence electrons. The van der Waals surface area contributed by atoms with Crippen molar-refractivity contribution >= 4 is 21.5 Å². The van der Waals surface area contributed by atoms with E-state index in [1.807, 2.05) is 48.5 Å². The van der Waals surface area contributed by atoms with E-state index in [9.17, 15) is 10.2 Å². The molecular formula is C29H24O2. The quantitative estimate of drug-likeness (QED) is 0.312. The van der Waals surface area contributed by atoms with Crippen LogP contribution in [0, 0.1) is 13.8 Å². The highest BCUT2D eigenvalue weighted by Crippen LogP contribution is 2.47. The average Bonchev–Trinajstić information content (AvgIpc) is 2.77. The minimum Gasteiger partial charge on any atom is -0.508 e. The van der Waals surface area contributed by atoms with Gasteiger partial charge in [0.05, 0.1) is 0 Å². The van der Waals surface area contributed by atoms with E-state index in [0.29, 0.717) is 0 Å². The number of hydrogen-bond acceptors (Lipinski definition) is 2. The van der Waals surface area contributed by atoms with Crippen LogP contribution >= 0.6 is 0 Å². The summed E-state index contributed by atoms with van der Waals surface area (Å²) in [6, 6.07) is 30.0. The fourth-order valence-corrected chi connectivity index (χ4v) is 4.78. The van der Waals surface area contributed by atoms with E-state index in [1.54, 1.807) is 12.1 Å². The summed E-state index contributed by atoms with van der Waals surface area (Å²) in [4.78, 5) is 0. The smallest absolute Gasteiger partial charge is 0.120 e. The summed E-state index contributed by atoms with van der Waals surface area (Å²) >= 11 is 0. The molecule has 0 fully saturated rings. The van der Waals surface area contributed by atoms with Gasteiger partial charge in [0.1, 0.15) is 11.5 Å². The van der Waals surface area contributed by atoms with Crippen molar-refractivity contribution in [3.63, 3.8) is 0 Å². The molecule has 0 radical (unpaired) electrons. The van der Waals surface area contributed by atoms with Gasteiger partial charge in [-0.25, -0.2) is 0 Å². The molecule has 0 atom stereocenters. The first-order valence-electron chi connectivity index (χ1n) is 10.5. The van der Waals surface area contributed by atoms with Crippen LogP contribution in [0.3, 0.4) is 0 Å². The predicted octanol–water partition coefficient (Wildman–Crippen LogP) is 7.20. The van der Waals surface area contributed by atoms with Crippen molar-refractivity contribution in [2.45, 2.75) is 19.8 Å². The summed E-state index contributed by atoms with van der Waals surface area (Å²) in [5.74, 6) is 0.143. The van der Waals surface area contributed by atoms with Crippen LogP contribution in [0.1, 0.15) is 33.7 Å². The fraction of sp³-hybridized carbons (Fsp3) is 0.103. The number of hydrogen-bond donors (Lipinski definition) is 2. The second-order valence-corrected chi connectivity index (χ2v) is 8.23. The molecule has 0 bridgehead atoms. The minimum absolute atomic E-state index is 0.232. The second kappa shape index (κ2) is 7.48. The fourth-order valence-electron chi connectivity index (χ4n) is 4.78. The highest BCUT2D eigenvalue weighted by Gasteiger charge is 2.28. The third kappa shape index (κ3) is 3.21. The monoisotopic (exact) mass is 404 g/mol. The Kier molecular flexibility index (Phi) is 4.63. The Balaban J connectivity index is 1.94. The number of phenols is 2. The Morgan fingerprint density at radius 2 is 1.10 bits per heavy atom. The molecular weight excluding hydrogens is 380 g/mol. The van der Waals surface area contributed by atoms with Gasteiger partial charge in [0, 0.05) is 17.0 Å². The van der Waals surface area contributed by atoms with Crippen molar-refractivity contribution in [2.75, 3.05) is 0 Å². The van der Waals surface area contributed by atoms with Crippen LogP contribution < -0.4 is 0 Å². The van der Waals surface area contributed by atoms with E-state index in [0.717, 1.165) is 43.8 Å². The molecule has 0 heterocycles. The lowest BCUT2D eigenvalue weighted by Gasteiger charge is -2.26.